The normalized spacial score (nSPS) is 18.8. The van der Waals surface area contributed by atoms with E-state index < -0.39 is 0 Å². The summed E-state index contributed by atoms with van der Waals surface area (Å²) in [5.41, 5.74) is 2.89. The van der Waals surface area contributed by atoms with Gasteiger partial charge in [-0.3, -0.25) is 14.2 Å². The fraction of sp³-hybridized carbons (Fsp3) is 0.320. The van der Waals surface area contributed by atoms with Gasteiger partial charge in [0.25, 0.3) is 0 Å². The average Bonchev–Trinajstić information content (AvgIpc) is 3.47. The Morgan fingerprint density at radius 3 is 2.33 bits per heavy atom. The van der Waals surface area contributed by atoms with Gasteiger partial charge in [-0.2, -0.15) is 0 Å². The lowest BCUT2D eigenvalue weighted by atomic mass is 10.1. The molecular weight excluding hydrogens is 421 g/mol. The Morgan fingerprint density at radius 2 is 1.64 bits per heavy atom. The highest BCUT2D eigenvalue weighted by molar-refractivity contribution is 6.00. The lowest BCUT2D eigenvalue weighted by Gasteiger charge is -2.36. The molecule has 1 aromatic heterocycles. The summed E-state index contributed by atoms with van der Waals surface area (Å²) < 4.78 is 15.3. The highest BCUT2D eigenvalue weighted by Crippen LogP contribution is 2.27. The van der Waals surface area contributed by atoms with E-state index in [1.165, 1.54) is 17.7 Å². The molecule has 0 N–H and O–H groups in total. The van der Waals surface area contributed by atoms with Crippen LogP contribution < -0.4 is 9.80 Å². The topological polar surface area (TPSA) is 61.7 Å². The number of halogens is 1. The van der Waals surface area contributed by atoms with Gasteiger partial charge in [0.15, 0.2) is 0 Å². The van der Waals surface area contributed by atoms with Crippen LogP contribution >= 0.6 is 0 Å². The SMILES string of the molecule is Cc1ccc(-n2ccnc2N2CCN(C(=O)C3CC(=O)N(c4ccc(F)cc4)C3)CC2)cc1. The average molecular weight is 448 g/mol. The van der Waals surface area contributed by atoms with Crippen molar-refractivity contribution in [1.29, 1.82) is 0 Å². The third kappa shape index (κ3) is 4.20. The quantitative estimate of drug-likeness (QED) is 0.617. The van der Waals surface area contributed by atoms with Crippen molar-refractivity contribution in [2.24, 2.45) is 5.92 Å². The Bertz CT molecular complexity index is 1150. The second-order valence-corrected chi connectivity index (χ2v) is 8.63. The standard InChI is InChI=1S/C25H26FN5O2/c1-18-2-6-21(7-3-18)30-11-10-27-25(30)29-14-12-28(13-15-29)24(33)19-16-23(32)31(17-19)22-8-4-20(26)5-9-22/h2-11,19H,12-17H2,1H3. The molecule has 33 heavy (non-hydrogen) atoms. The molecule has 2 saturated heterocycles. The van der Waals surface area contributed by atoms with Gasteiger partial charge in [0.05, 0.1) is 5.92 Å². The van der Waals surface area contributed by atoms with Crippen LogP contribution in [0.3, 0.4) is 0 Å². The van der Waals surface area contributed by atoms with Gasteiger partial charge < -0.3 is 14.7 Å². The summed E-state index contributed by atoms with van der Waals surface area (Å²) in [6, 6.07) is 14.1. The Kier molecular flexibility index (Phi) is 5.58. The zero-order valence-corrected chi connectivity index (χ0v) is 18.5. The first-order valence-corrected chi connectivity index (χ1v) is 11.2. The molecule has 7 nitrogen and oxygen atoms in total. The monoisotopic (exact) mass is 447 g/mol. The molecule has 8 heteroatoms. The number of hydrogen-bond donors (Lipinski definition) is 0. The van der Waals surface area contributed by atoms with Crippen LogP contribution in [0.1, 0.15) is 12.0 Å². The molecule has 0 aliphatic carbocycles. The molecule has 2 aliphatic heterocycles. The number of piperazine rings is 1. The zero-order chi connectivity index (χ0) is 22.9. The van der Waals surface area contributed by atoms with Crippen molar-refractivity contribution in [3.8, 4) is 5.69 Å². The number of carbonyl (C=O) groups is 2. The Labute approximate surface area is 192 Å². The molecule has 2 aliphatic rings. The van der Waals surface area contributed by atoms with Crippen LogP contribution in [0.4, 0.5) is 16.0 Å². The second-order valence-electron chi connectivity index (χ2n) is 8.63. The van der Waals surface area contributed by atoms with Gasteiger partial charge in [0, 0.05) is 62.9 Å². The summed E-state index contributed by atoms with van der Waals surface area (Å²) in [4.78, 5) is 35.8. The van der Waals surface area contributed by atoms with E-state index >= 15 is 0 Å². The summed E-state index contributed by atoms with van der Waals surface area (Å²) in [5, 5.41) is 0. The van der Waals surface area contributed by atoms with E-state index in [1.807, 2.05) is 11.1 Å². The highest BCUT2D eigenvalue weighted by Gasteiger charge is 2.38. The van der Waals surface area contributed by atoms with E-state index in [9.17, 15) is 14.0 Å². The minimum atomic E-state index is -0.372. The van der Waals surface area contributed by atoms with Gasteiger partial charge in [-0.05, 0) is 43.3 Å². The number of amides is 2. The molecule has 2 aromatic carbocycles. The van der Waals surface area contributed by atoms with Gasteiger partial charge in [-0.15, -0.1) is 0 Å². The van der Waals surface area contributed by atoms with Crippen molar-refractivity contribution in [3.05, 3.63) is 72.3 Å². The Hall–Kier alpha value is -3.68. The third-order valence-electron chi connectivity index (χ3n) is 6.42. The van der Waals surface area contributed by atoms with Gasteiger partial charge in [-0.1, -0.05) is 17.7 Å². The van der Waals surface area contributed by atoms with Crippen LogP contribution in [-0.4, -0.2) is 59.0 Å². The van der Waals surface area contributed by atoms with Crippen molar-refractivity contribution in [2.45, 2.75) is 13.3 Å². The minimum absolute atomic E-state index is 0.00879. The molecule has 2 fully saturated rings. The maximum Gasteiger partial charge on any atom is 0.228 e. The zero-order valence-electron chi connectivity index (χ0n) is 18.5. The van der Waals surface area contributed by atoms with E-state index in [0.717, 1.165) is 11.6 Å². The molecule has 5 rings (SSSR count). The number of aromatic nitrogens is 2. The summed E-state index contributed by atoms with van der Waals surface area (Å²) in [5.74, 6) is 0.0558. The largest absolute Gasteiger partial charge is 0.339 e. The van der Waals surface area contributed by atoms with E-state index in [-0.39, 0.29) is 30.0 Å². The lowest BCUT2D eigenvalue weighted by Crippen LogP contribution is -2.51. The van der Waals surface area contributed by atoms with Crippen LogP contribution in [0.15, 0.2) is 60.9 Å². The smallest absolute Gasteiger partial charge is 0.228 e. The fourth-order valence-electron chi connectivity index (χ4n) is 4.57. The second kappa shape index (κ2) is 8.69. The van der Waals surface area contributed by atoms with E-state index in [4.69, 9.17) is 0 Å². The summed E-state index contributed by atoms with van der Waals surface area (Å²) >= 11 is 0. The van der Waals surface area contributed by atoms with Crippen molar-refractivity contribution in [2.75, 3.05) is 42.5 Å². The number of nitrogens with zero attached hydrogens (tertiary/aromatic N) is 5. The highest BCUT2D eigenvalue weighted by atomic mass is 19.1. The molecule has 2 amide bonds. The Morgan fingerprint density at radius 1 is 0.970 bits per heavy atom. The van der Waals surface area contributed by atoms with Gasteiger partial charge in [-0.25, -0.2) is 9.37 Å². The molecule has 0 saturated carbocycles. The third-order valence-corrected chi connectivity index (χ3v) is 6.42. The first-order chi connectivity index (χ1) is 16.0. The predicted octanol–water partition coefficient (Wildman–Crippen LogP) is 3.02. The van der Waals surface area contributed by atoms with Crippen molar-refractivity contribution >= 4 is 23.5 Å². The van der Waals surface area contributed by atoms with Crippen LogP contribution in [-0.2, 0) is 9.59 Å². The number of benzene rings is 2. The molecule has 1 atom stereocenters. The number of hydrogen-bond acceptors (Lipinski definition) is 4. The number of aryl methyl sites for hydroxylation is 1. The number of imidazole rings is 1. The predicted molar refractivity (Wildman–Crippen MR) is 124 cm³/mol. The molecule has 0 spiro atoms. The molecule has 0 bridgehead atoms. The number of anilines is 2. The van der Waals surface area contributed by atoms with E-state index in [0.29, 0.717) is 38.4 Å². The summed E-state index contributed by atoms with van der Waals surface area (Å²) in [7, 11) is 0. The molecule has 3 heterocycles. The molecule has 170 valence electrons. The van der Waals surface area contributed by atoms with Gasteiger partial charge in [0.1, 0.15) is 5.82 Å². The van der Waals surface area contributed by atoms with Crippen molar-refractivity contribution in [3.63, 3.8) is 0 Å². The summed E-state index contributed by atoms with van der Waals surface area (Å²) in [6.45, 7) is 4.92. The maximum absolute atomic E-state index is 13.2. The first kappa shape index (κ1) is 21.2. The fourth-order valence-corrected chi connectivity index (χ4v) is 4.57. The van der Waals surface area contributed by atoms with Crippen LogP contribution in [0.5, 0.6) is 0 Å². The minimum Gasteiger partial charge on any atom is -0.339 e. The van der Waals surface area contributed by atoms with E-state index in [1.54, 1.807) is 23.2 Å². The van der Waals surface area contributed by atoms with Gasteiger partial charge >= 0.3 is 0 Å². The van der Waals surface area contributed by atoms with Gasteiger partial charge in [0.2, 0.25) is 17.8 Å². The van der Waals surface area contributed by atoms with E-state index in [2.05, 4.69) is 45.6 Å². The van der Waals surface area contributed by atoms with Crippen LogP contribution in [0.2, 0.25) is 0 Å². The summed E-state index contributed by atoms with van der Waals surface area (Å²) in [6.07, 6.45) is 3.93. The van der Waals surface area contributed by atoms with Crippen LogP contribution in [0.25, 0.3) is 5.69 Å². The number of rotatable bonds is 4. The molecule has 3 aromatic rings. The van der Waals surface area contributed by atoms with Crippen molar-refractivity contribution < 1.29 is 14.0 Å². The molecular formula is C25H26FN5O2. The molecule has 1 unspecified atom stereocenters. The van der Waals surface area contributed by atoms with Crippen LogP contribution in [0, 0.1) is 18.7 Å². The number of carbonyl (C=O) groups excluding carboxylic acids is 2. The van der Waals surface area contributed by atoms with Crippen molar-refractivity contribution in [1.82, 2.24) is 14.5 Å². The molecule has 0 radical (unpaired) electrons. The lowest BCUT2D eigenvalue weighted by molar-refractivity contribution is -0.136. The Balaban J connectivity index is 1.22. The first-order valence-electron chi connectivity index (χ1n) is 11.2. The maximum atomic E-state index is 13.2.